The number of nitrogens with one attached hydrogen (secondary N) is 2. The van der Waals surface area contributed by atoms with Crippen LogP contribution in [0.15, 0.2) is 36.7 Å². The number of nitrogens with zero attached hydrogens (tertiary/aromatic N) is 2. The lowest BCUT2D eigenvalue weighted by atomic mass is 9.90. The number of aromatic nitrogens is 2. The summed E-state index contributed by atoms with van der Waals surface area (Å²) < 4.78 is 0. The van der Waals surface area contributed by atoms with Crippen molar-refractivity contribution in [1.82, 2.24) is 20.2 Å². The number of carbonyl (C=O) groups is 1. The zero-order chi connectivity index (χ0) is 13.9. The molecule has 1 aliphatic heterocycles. The Hall–Kier alpha value is -2.14. The SMILES string of the molecule is CN(Cc1ncc[nH]1)C(=O)C1CNCc2ccccc21. The Bertz CT molecular complexity index is 594. The minimum Gasteiger partial charge on any atom is -0.347 e. The largest absolute Gasteiger partial charge is 0.347 e. The van der Waals surface area contributed by atoms with E-state index in [0.29, 0.717) is 13.1 Å². The van der Waals surface area contributed by atoms with E-state index in [1.54, 1.807) is 17.3 Å². The summed E-state index contributed by atoms with van der Waals surface area (Å²) in [7, 11) is 1.82. The van der Waals surface area contributed by atoms with E-state index in [-0.39, 0.29) is 11.8 Å². The van der Waals surface area contributed by atoms with Gasteiger partial charge in [-0.1, -0.05) is 24.3 Å². The van der Waals surface area contributed by atoms with Crippen molar-refractivity contribution < 1.29 is 4.79 Å². The van der Waals surface area contributed by atoms with Crippen molar-refractivity contribution in [2.75, 3.05) is 13.6 Å². The molecule has 1 aromatic heterocycles. The summed E-state index contributed by atoms with van der Waals surface area (Å²) >= 11 is 0. The second kappa shape index (κ2) is 5.46. The van der Waals surface area contributed by atoms with Crippen LogP contribution >= 0.6 is 0 Å². The number of likely N-dealkylation sites (N-methyl/N-ethyl adjacent to an activating group) is 1. The van der Waals surface area contributed by atoms with Gasteiger partial charge in [-0.2, -0.15) is 0 Å². The summed E-state index contributed by atoms with van der Waals surface area (Å²) in [5.41, 5.74) is 2.35. The fraction of sp³-hybridized carbons (Fsp3) is 0.333. The number of fused-ring (bicyclic) bond motifs is 1. The predicted molar refractivity (Wildman–Crippen MR) is 76.0 cm³/mol. The normalized spacial score (nSPS) is 17.6. The first-order chi connectivity index (χ1) is 9.75. The summed E-state index contributed by atoms with van der Waals surface area (Å²) in [6.45, 7) is 2.03. The van der Waals surface area contributed by atoms with Crippen LogP contribution in [-0.4, -0.2) is 34.4 Å². The minimum absolute atomic E-state index is 0.111. The Balaban J connectivity index is 1.77. The smallest absolute Gasteiger partial charge is 0.231 e. The van der Waals surface area contributed by atoms with Crippen LogP contribution in [0.1, 0.15) is 22.9 Å². The molecular weight excluding hydrogens is 252 g/mol. The second-order valence-corrected chi connectivity index (χ2v) is 5.11. The average molecular weight is 270 g/mol. The van der Waals surface area contributed by atoms with Crippen LogP contribution in [0.4, 0.5) is 0 Å². The Morgan fingerprint density at radius 1 is 1.45 bits per heavy atom. The average Bonchev–Trinajstić information content (AvgIpc) is 2.99. The molecule has 3 rings (SSSR count). The molecule has 0 fully saturated rings. The maximum atomic E-state index is 12.6. The highest BCUT2D eigenvalue weighted by Crippen LogP contribution is 2.25. The zero-order valence-electron chi connectivity index (χ0n) is 11.5. The van der Waals surface area contributed by atoms with Crippen molar-refractivity contribution in [3.05, 3.63) is 53.6 Å². The maximum absolute atomic E-state index is 12.6. The first-order valence-corrected chi connectivity index (χ1v) is 6.77. The van der Waals surface area contributed by atoms with E-state index in [9.17, 15) is 4.79 Å². The zero-order valence-corrected chi connectivity index (χ0v) is 11.5. The Morgan fingerprint density at radius 3 is 3.10 bits per heavy atom. The molecule has 20 heavy (non-hydrogen) atoms. The molecule has 0 spiro atoms. The molecule has 1 atom stereocenters. The fourth-order valence-corrected chi connectivity index (χ4v) is 2.67. The van der Waals surface area contributed by atoms with Crippen LogP contribution in [0.2, 0.25) is 0 Å². The van der Waals surface area contributed by atoms with E-state index in [1.165, 1.54) is 5.56 Å². The highest BCUT2D eigenvalue weighted by atomic mass is 16.2. The highest BCUT2D eigenvalue weighted by molar-refractivity contribution is 5.84. The van der Waals surface area contributed by atoms with E-state index in [2.05, 4.69) is 27.4 Å². The van der Waals surface area contributed by atoms with Crippen molar-refractivity contribution >= 4 is 5.91 Å². The van der Waals surface area contributed by atoms with Gasteiger partial charge in [-0.3, -0.25) is 4.79 Å². The van der Waals surface area contributed by atoms with Crippen LogP contribution in [0.25, 0.3) is 0 Å². The van der Waals surface area contributed by atoms with Gasteiger partial charge >= 0.3 is 0 Å². The van der Waals surface area contributed by atoms with Crippen molar-refractivity contribution in [2.24, 2.45) is 0 Å². The molecule has 5 nitrogen and oxygen atoms in total. The molecule has 0 bridgehead atoms. The second-order valence-electron chi connectivity index (χ2n) is 5.11. The van der Waals surface area contributed by atoms with Crippen molar-refractivity contribution in [3.8, 4) is 0 Å². The van der Waals surface area contributed by atoms with Gasteiger partial charge in [0.2, 0.25) is 5.91 Å². The van der Waals surface area contributed by atoms with Gasteiger partial charge in [-0.05, 0) is 11.1 Å². The number of aromatic amines is 1. The summed E-state index contributed by atoms with van der Waals surface area (Å²) in [5.74, 6) is 0.818. The van der Waals surface area contributed by atoms with Gasteiger partial charge < -0.3 is 15.2 Å². The van der Waals surface area contributed by atoms with Crippen molar-refractivity contribution in [3.63, 3.8) is 0 Å². The number of amides is 1. The lowest BCUT2D eigenvalue weighted by Crippen LogP contribution is -2.39. The monoisotopic (exact) mass is 270 g/mol. The fourth-order valence-electron chi connectivity index (χ4n) is 2.67. The maximum Gasteiger partial charge on any atom is 0.231 e. The van der Waals surface area contributed by atoms with Gasteiger partial charge in [0.15, 0.2) is 0 Å². The molecule has 1 unspecified atom stereocenters. The van der Waals surface area contributed by atoms with Crippen LogP contribution in [0.5, 0.6) is 0 Å². The van der Waals surface area contributed by atoms with Crippen LogP contribution in [0, 0.1) is 0 Å². The number of benzene rings is 1. The molecule has 1 aliphatic rings. The van der Waals surface area contributed by atoms with E-state index in [4.69, 9.17) is 0 Å². The summed E-state index contributed by atoms with van der Waals surface area (Å²) in [6, 6.07) is 8.14. The molecule has 2 aromatic rings. The topological polar surface area (TPSA) is 61.0 Å². The third-order valence-corrected chi connectivity index (χ3v) is 3.71. The van der Waals surface area contributed by atoms with E-state index in [1.807, 2.05) is 19.2 Å². The van der Waals surface area contributed by atoms with Crippen molar-refractivity contribution in [1.29, 1.82) is 0 Å². The predicted octanol–water partition coefficient (Wildman–Crippen LogP) is 1.26. The van der Waals surface area contributed by atoms with Gasteiger partial charge in [-0.25, -0.2) is 4.98 Å². The van der Waals surface area contributed by atoms with Crippen molar-refractivity contribution in [2.45, 2.75) is 19.0 Å². The lowest BCUT2D eigenvalue weighted by molar-refractivity contribution is -0.132. The number of carbonyl (C=O) groups excluding carboxylic acids is 1. The number of hydrogen-bond acceptors (Lipinski definition) is 3. The van der Waals surface area contributed by atoms with E-state index < -0.39 is 0 Å². The molecule has 0 saturated heterocycles. The van der Waals surface area contributed by atoms with Gasteiger partial charge in [0.05, 0.1) is 12.5 Å². The highest BCUT2D eigenvalue weighted by Gasteiger charge is 2.28. The molecule has 5 heteroatoms. The Morgan fingerprint density at radius 2 is 2.30 bits per heavy atom. The molecule has 1 aromatic carbocycles. The number of H-pyrrole nitrogens is 1. The van der Waals surface area contributed by atoms with Gasteiger partial charge in [0.25, 0.3) is 0 Å². The van der Waals surface area contributed by atoms with E-state index in [0.717, 1.165) is 17.9 Å². The standard InChI is InChI=1S/C15H18N4O/c1-19(10-14-17-6-7-18-14)15(20)13-9-16-8-11-4-2-3-5-12(11)13/h2-7,13,16H,8-10H2,1H3,(H,17,18). The number of imidazole rings is 1. The Labute approximate surface area is 118 Å². The summed E-state index contributed by atoms with van der Waals surface area (Å²) in [6.07, 6.45) is 3.47. The third kappa shape index (κ3) is 2.44. The van der Waals surface area contributed by atoms with Crippen LogP contribution in [0.3, 0.4) is 0 Å². The quantitative estimate of drug-likeness (QED) is 0.882. The van der Waals surface area contributed by atoms with Crippen LogP contribution in [-0.2, 0) is 17.9 Å². The minimum atomic E-state index is -0.111. The molecule has 0 saturated carbocycles. The third-order valence-electron chi connectivity index (χ3n) is 3.71. The lowest BCUT2D eigenvalue weighted by Gasteiger charge is -2.29. The molecule has 2 N–H and O–H groups in total. The molecule has 104 valence electrons. The van der Waals surface area contributed by atoms with Gasteiger partial charge in [0.1, 0.15) is 5.82 Å². The number of rotatable bonds is 3. The number of hydrogen-bond donors (Lipinski definition) is 2. The summed E-state index contributed by atoms with van der Waals surface area (Å²) in [5, 5.41) is 3.31. The first kappa shape index (κ1) is 12.9. The van der Waals surface area contributed by atoms with Gasteiger partial charge in [-0.15, -0.1) is 0 Å². The molecule has 2 heterocycles. The molecule has 0 radical (unpaired) electrons. The van der Waals surface area contributed by atoms with Gasteiger partial charge in [0, 0.05) is 32.5 Å². The summed E-state index contributed by atoms with van der Waals surface area (Å²) in [4.78, 5) is 21.5. The van der Waals surface area contributed by atoms with E-state index >= 15 is 0 Å². The molecule has 0 aliphatic carbocycles. The first-order valence-electron chi connectivity index (χ1n) is 6.77. The van der Waals surface area contributed by atoms with Crippen LogP contribution < -0.4 is 5.32 Å². The molecule has 1 amide bonds. The molecular formula is C15H18N4O. The Kier molecular flexibility index (Phi) is 3.52.